The molecule has 1 saturated heterocycles. The first-order valence-corrected chi connectivity index (χ1v) is 13.8. The summed E-state index contributed by atoms with van der Waals surface area (Å²) in [5.41, 5.74) is 5.30. The van der Waals surface area contributed by atoms with Crippen molar-refractivity contribution in [2.75, 3.05) is 26.2 Å². The van der Waals surface area contributed by atoms with Crippen LogP contribution < -0.4 is 0 Å². The van der Waals surface area contributed by atoms with Gasteiger partial charge >= 0.3 is 0 Å². The first kappa shape index (κ1) is 24.5. The Morgan fingerprint density at radius 2 is 1.55 bits per heavy atom. The number of rotatable bonds is 7. The van der Waals surface area contributed by atoms with Gasteiger partial charge in [-0.2, -0.15) is 0 Å². The molecule has 0 N–H and O–H groups in total. The molecule has 3 aromatic carbocycles. The summed E-state index contributed by atoms with van der Waals surface area (Å²) in [7, 11) is 0. The lowest BCUT2D eigenvalue weighted by atomic mass is 9.96. The number of aryl methyl sites for hydroxylation is 1. The normalized spacial score (nSPS) is 14.4. The number of hydrogen-bond acceptors (Lipinski definition) is 6. The van der Waals surface area contributed by atoms with Crippen molar-refractivity contribution in [3.05, 3.63) is 119 Å². The van der Waals surface area contributed by atoms with Gasteiger partial charge in [-0.3, -0.25) is 9.69 Å². The number of thioether (sulfide) groups is 1. The largest absolute Gasteiger partial charge is 0.455 e. The molecule has 192 valence electrons. The summed E-state index contributed by atoms with van der Waals surface area (Å²) in [6.07, 6.45) is 0. The fourth-order valence-electron chi connectivity index (χ4n) is 5.01. The summed E-state index contributed by atoms with van der Waals surface area (Å²) in [4.78, 5) is 22.1. The molecule has 1 fully saturated rings. The molecule has 6 rings (SSSR count). The van der Waals surface area contributed by atoms with Gasteiger partial charge in [-0.15, -0.1) is 0 Å². The molecule has 3 heterocycles. The molecule has 0 atom stereocenters. The average Bonchev–Trinajstić information content (AvgIpc) is 3.60. The number of fused-ring (bicyclic) bond motifs is 1. The maximum atomic E-state index is 13.2. The number of nitrogens with zero attached hydrogens (tertiary/aromatic N) is 3. The zero-order valence-corrected chi connectivity index (χ0v) is 22.1. The van der Waals surface area contributed by atoms with E-state index in [2.05, 4.69) is 58.4 Å². The number of piperazine rings is 1. The lowest BCUT2D eigenvalue weighted by Gasteiger charge is -2.39. The molecule has 0 aliphatic carbocycles. The molecule has 0 radical (unpaired) electrons. The zero-order chi connectivity index (χ0) is 25.9. The van der Waals surface area contributed by atoms with Gasteiger partial charge in [0, 0.05) is 26.2 Å². The number of hydrogen-bond donors (Lipinski definition) is 0. The van der Waals surface area contributed by atoms with E-state index in [1.165, 1.54) is 22.9 Å². The van der Waals surface area contributed by atoms with Gasteiger partial charge in [0.1, 0.15) is 11.3 Å². The van der Waals surface area contributed by atoms with Crippen LogP contribution in [0.4, 0.5) is 0 Å². The molecule has 1 aliphatic rings. The first-order chi connectivity index (χ1) is 18.6. The van der Waals surface area contributed by atoms with Crippen LogP contribution in [0, 0.1) is 6.92 Å². The van der Waals surface area contributed by atoms with Crippen LogP contribution in [-0.4, -0.2) is 46.9 Å². The summed E-state index contributed by atoms with van der Waals surface area (Å²) in [6, 6.07) is 30.9. The number of aromatic nitrogens is 1. The lowest BCUT2D eigenvalue weighted by Crippen LogP contribution is -2.49. The van der Waals surface area contributed by atoms with Gasteiger partial charge in [0.25, 0.3) is 11.1 Å². The third kappa shape index (κ3) is 5.26. The van der Waals surface area contributed by atoms with Gasteiger partial charge in [0.2, 0.25) is 0 Å². The van der Waals surface area contributed by atoms with Crippen molar-refractivity contribution < 1.29 is 13.6 Å². The van der Waals surface area contributed by atoms with E-state index in [4.69, 9.17) is 8.83 Å². The molecule has 0 bridgehead atoms. The van der Waals surface area contributed by atoms with Crippen LogP contribution in [0.25, 0.3) is 11.1 Å². The maximum absolute atomic E-state index is 13.2. The van der Waals surface area contributed by atoms with Crippen molar-refractivity contribution in [2.24, 2.45) is 0 Å². The van der Waals surface area contributed by atoms with E-state index in [9.17, 15) is 4.79 Å². The smallest absolute Gasteiger partial charge is 0.289 e. The van der Waals surface area contributed by atoms with Crippen LogP contribution in [-0.2, 0) is 5.75 Å². The van der Waals surface area contributed by atoms with Crippen molar-refractivity contribution in [2.45, 2.75) is 23.9 Å². The van der Waals surface area contributed by atoms with Gasteiger partial charge in [0.15, 0.2) is 11.3 Å². The Morgan fingerprint density at radius 3 is 2.24 bits per heavy atom. The topological polar surface area (TPSA) is 62.7 Å². The van der Waals surface area contributed by atoms with E-state index >= 15 is 0 Å². The summed E-state index contributed by atoms with van der Waals surface area (Å²) >= 11 is 1.46. The van der Waals surface area contributed by atoms with Gasteiger partial charge < -0.3 is 13.7 Å². The Bertz CT molecular complexity index is 1480. The lowest BCUT2D eigenvalue weighted by molar-refractivity contribution is 0.0566. The highest BCUT2D eigenvalue weighted by molar-refractivity contribution is 7.98. The molecule has 0 spiro atoms. The number of oxazole rings is 1. The number of benzene rings is 3. The number of carbonyl (C=O) groups excluding carboxylic acids is 1. The van der Waals surface area contributed by atoms with E-state index in [0.717, 1.165) is 35.5 Å². The summed E-state index contributed by atoms with van der Waals surface area (Å²) < 4.78 is 11.7. The van der Waals surface area contributed by atoms with E-state index < -0.39 is 0 Å². The predicted molar refractivity (Wildman–Crippen MR) is 149 cm³/mol. The van der Waals surface area contributed by atoms with Crippen molar-refractivity contribution >= 4 is 28.8 Å². The molecule has 1 aliphatic heterocycles. The quantitative estimate of drug-likeness (QED) is 0.225. The first-order valence-electron chi connectivity index (χ1n) is 12.9. The van der Waals surface area contributed by atoms with Crippen molar-refractivity contribution in [3.8, 4) is 0 Å². The highest BCUT2D eigenvalue weighted by Crippen LogP contribution is 2.30. The number of carbonyl (C=O) groups is 1. The Hall–Kier alpha value is -3.81. The fraction of sp³-hybridized carbons (Fsp3) is 0.226. The average molecular weight is 524 g/mol. The Balaban J connectivity index is 1.08. The minimum atomic E-state index is -0.0609. The molecule has 38 heavy (non-hydrogen) atoms. The minimum absolute atomic E-state index is 0.0609. The van der Waals surface area contributed by atoms with Gasteiger partial charge in [-0.25, -0.2) is 4.98 Å². The van der Waals surface area contributed by atoms with Crippen LogP contribution in [0.1, 0.15) is 39.0 Å². The van der Waals surface area contributed by atoms with Gasteiger partial charge in [0.05, 0.1) is 11.8 Å². The highest BCUT2D eigenvalue weighted by Gasteiger charge is 2.29. The van der Waals surface area contributed by atoms with Crippen LogP contribution in [0.15, 0.2) is 105 Å². The van der Waals surface area contributed by atoms with Crippen LogP contribution in [0.5, 0.6) is 0 Å². The van der Waals surface area contributed by atoms with Crippen LogP contribution >= 0.6 is 11.8 Å². The monoisotopic (exact) mass is 523 g/mol. The minimum Gasteiger partial charge on any atom is -0.455 e. The molecule has 5 aromatic rings. The predicted octanol–water partition coefficient (Wildman–Crippen LogP) is 6.57. The second-order valence-corrected chi connectivity index (χ2v) is 10.5. The second kappa shape index (κ2) is 10.9. The summed E-state index contributed by atoms with van der Waals surface area (Å²) in [5.74, 6) is 1.59. The van der Waals surface area contributed by atoms with Crippen LogP contribution in [0.2, 0.25) is 0 Å². The maximum Gasteiger partial charge on any atom is 0.289 e. The van der Waals surface area contributed by atoms with Crippen LogP contribution in [0.3, 0.4) is 0 Å². The standard InChI is InChI=1S/C31H29N3O3S/c1-22-12-14-27-26(20-22)32-31(37-27)38-21-25-13-15-28(36-25)30(35)34-18-16-33(17-19-34)29(23-8-4-2-5-9-23)24-10-6-3-7-11-24/h2-15,20,29H,16-19,21H2,1H3. The zero-order valence-electron chi connectivity index (χ0n) is 21.2. The summed E-state index contributed by atoms with van der Waals surface area (Å²) in [5, 5.41) is 0.595. The molecule has 1 amide bonds. The molecule has 6 nitrogen and oxygen atoms in total. The third-order valence-corrected chi connectivity index (χ3v) is 7.78. The third-order valence-electron chi connectivity index (χ3n) is 6.93. The summed E-state index contributed by atoms with van der Waals surface area (Å²) in [6.45, 7) is 4.93. The highest BCUT2D eigenvalue weighted by atomic mass is 32.2. The number of furan rings is 1. The molecule has 0 unspecified atom stereocenters. The fourth-order valence-corrected chi connectivity index (χ4v) is 5.74. The molecular weight excluding hydrogens is 494 g/mol. The Labute approximate surface area is 226 Å². The van der Waals surface area contributed by atoms with E-state index in [1.54, 1.807) is 6.07 Å². The van der Waals surface area contributed by atoms with E-state index in [1.807, 2.05) is 48.2 Å². The van der Waals surface area contributed by atoms with Gasteiger partial charge in [-0.1, -0.05) is 78.5 Å². The molecule has 2 aromatic heterocycles. The molecule has 0 saturated carbocycles. The Kier molecular flexibility index (Phi) is 7.03. The second-order valence-electron chi connectivity index (χ2n) is 9.56. The van der Waals surface area contributed by atoms with Crippen molar-refractivity contribution in [1.82, 2.24) is 14.8 Å². The number of amides is 1. The molecule has 7 heteroatoms. The van der Waals surface area contributed by atoms with Crippen molar-refractivity contribution in [1.29, 1.82) is 0 Å². The molecular formula is C31H29N3O3S. The van der Waals surface area contributed by atoms with Gasteiger partial charge in [-0.05, 0) is 47.9 Å². The SMILES string of the molecule is Cc1ccc2oc(SCc3ccc(C(=O)N4CCN(C(c5ccccc5)c5ccccc5)CC4)o3)nc2c1. The van der Waals surface area contributed by atoms with E-state index in [-0.39, 0.29) is 11.9 Å². The van der Waals surface area contributed by atoms with E-state index in [0.29, 0.717) is 29.8 Å². The van der Waals surface area contributed by atoms with Crippen molar-refractivity contribution in [3.63, 3.8) is 0 Å². The Morgan fingerprint density at radius 1 is 0.868 bits per heavy atom.